The molecule has 8 nitrogen and oxygen atoms in total. The molecule has 5 aromatic carbocycles. The molecule has 2 aliphatic rings. The standard InChI is InChI=1S/C56H40N8S2/c1-55(2)39-13-7-5-11-35(39)37-25-21-33(29-41(37)55)43-15-9-17-45(59-43)51(57)65-52(58)46-27-23-31-19-20-32-24-28-48(62-50(32)49(31)61-46)54-64-63-53(66-54)47-18-10-16-44(60-47)34-22-26-38-36-12-6-8-14-40(36)56(3,4)42(38)30-34/h5-30,57-58H,1-4H3. The van der Waals surface area contributed by atoms with Crippen molar-refractivity contribution >= 4 is 55.0 Å². The zero-order valence-electron chi connectivity index (χ0n) is 36.5. The van der Waals surface area contributed by atoms with Gasteiger partial charge < -0.3 is 0 Å². The molecule has 2 aliphatic carbocycles. The van der Waals surface area contributed by atoms with E-state index in [1.165, 1.54) is 55.8 Å². The van der Waals surface area contributed by atoms with E-state index in [4.69, 9.17) is 30.8 Å². The molecule has 0 spiro atoms. The van der Waals surface area contributed by atoms with Gasteiger partial charge in [0.15, 0.2) is 10.0 Å². The van der Waals surface area contributed by atoms with Crippen molar-refractivity contribution in [1.29, 1.82) is 10.8 Å². The van der Waals surface area contributed by atoms with Gasteiger partial charge in [0.25, 0.3) is 0 Å². The Morgan fingerprint density at radius 2 is 0.894 bits per heavy atom. The Labute approximate surface area is 390 Å². The van der Waals surface area contributed by atoms with Crippen LogP contribution in [0.4, 0.5) is 0 Å². The topological polar surface area (TPSA) is 125 Å². The first-order valence-electron chi connectivity index (χ1n) is 21.9. The highest BCUT2D eigenvalue weighted by Crippen LogP contribution is 2.51. The number of fused-ring (bicyclic) bond motifs is 9. The van der Waals surface area contributed by atoms with Gasteiger partial charge in [-0.15, -0.1) is 10.2 Å². The lowest BCUT2D eigenvalue weighted by molar-refractivity contribution is 0.660. The zero-order valence-corrected chi connectivity index (χ0v) is 38.1. The van der Waals surface area contributed by atoms with Crippen LogP contribution in [-0.2, 0) is 10.8 Å². The lowest BCUT2D eigenvalue weighted by Crippen LogP contribution is -2.15. The highest BCUT2D eigenvalue weighted by molar-refractivity contribution is 8.27. The summed E-state index contributed by atoms with van der Waals surface area (Å²) in [4.78, 5) is 20.1. The number of hydrogen-bond acceptors (Lipinski definition) is 10. The van der Waals surface area contributed by atoms with Crippen molar-refractivity contribution in [3.63, 3.8) is 0 Å². The number of hydrogen-bond donors (Lipinski definition) is 2. The Morgan fingerprint density at radius 1 is 0.424 bits per heavy atom. The van der Waals surface area contributed by atoms with E-state index in [0.717, 1.165) is 50.7 Å². The molecule has 0 radical (unpaired) electrons. The Morgan fingerprint density at radius 3 is 1.52 bits per heavy atom. The molecule has 5 heterocycles. The van der Waals surface area contributed by atoms with Crippen LogP contribution in [0, 0.1) is 10.8 Å². The fraction of sp³-hybridized carbons (Fsp3) is 0.107. The molecule has 0 saturated carbocycles. The minimum absolute atomic E-state index is 0.102. The van der Waals surface area contributed by atoms with Gasteiger partial charge >= 0.3 is 0 Å². The van der Waals surface area contributed by atoms with E-state index in [2.05, 4.69) is 123 Å². The second-order valence-electron chi connectivity index (χ2n) is 18.0. The predicted octanol–water partition coefficient (Wildman–Crippen LogP) is 13.8. The minimum Gasteiger partial charge on any atom is -0.292 e. The second-order valence-corrected chi connectivity index (χ2v) is 20.0. The maximum Gasteiger partial charge on any atom is 0.166 e. The summed E-state index contributed by atoms with van der Waals surface area (Å²) in [5.74, 6) is 0. The largest absolute Gasteiger partial charge is 0.292 e. The third kappa shape index (κ3) is 6.42. The van der Waals surface area contributed by atoms with E-state index >= 15 is 0 Å². The average molecular weight is 889 g/mol. The van der Waals surface area contributed by atoms with Crippen molar-refractivity contribution in [2.75, 3.05) is 0 Å². The van der Waals surface area contributed by atoms with Crippen LogP contribution in [0.25, 0.3) is 88.0 Å². The molecule has 316 valence electrons. The summed E-state index contributed by atoms with van der Waals surface area (Å²) in [6.07, 6.45) is 0. The SMILES string of the molecule is CC1(C)c2ccccc2-c2ccc(-c3cccc(C(=N)SC(=N)c4ccc5ccc6ccc(-c7nnc(-c8cccc(-c9ccc%10c(c9)C(C)(C)c9ccccc9-%10)n8)s7)nc6c5n4)n3)cc21. The van der Waals surface area contributed by atoms with Crippen molar-refractivity contribution in [1.82, 2.24) is 30.1 Å². The summed E-state index contributed by atoms with van der Waals surface area (Å²) < 4.78 is 0. The summed E-state index contributed by atoms with van der Waals surface area (Å²) in [5, 5.41) is 30.8. The fourth-order valence-electron chi connectivity index (χ4n) is 9.81. The molecule has 2 N–H and O–H groups in total. The van der Waals surface area contributed by atoms with E-state index in [1.807, 2.05) is 72.8 Å². The van der Waals surface area contributed by atoms with Crippen LogP contribution in [0.2, 0.25) is 0 Å². The summed E-state index contributed by atoms with van der Waals surface area (Å²) in [5.41, 5.74) is 17.6. The van der Waals surface area contributed by atoms with Gasteiger partial charge in [-0.05, 0) is 105 Å². The molecule has 0 atom stereocenters. The Balaban J connectivity index is 0.796. The van der Waals surface area contributed by atoms with Gasteiger partial charge in [-0.3, -0.25) is 10.8 Å². The van der Waals surface area contributed by atoms with Gasteiger partial charge in [-0.25, -0.2) is 19.9 Å². The molecule has 0 fully saturated rings. The van der Waals surface area contributed by atoms with Crippen molar-refractivity contribution in [3.8, 4) is 66.2 Å². The maximum absolute atomic E-state index is 9.10. The zero-order chi connectivity index (χ0) is 44.9. The van der Waals surface area contributed by atoms with Crippen LogP contribution in [0.1, 0.15) is 61.3 Å². The van der Waals surface area contributed by atoms with Gasteiger partial charge in [0.05, 0.1) is 33.8 Å². The van der Waals surface area contributed by atoms with E-state index in [0.29, 0.717) is 38.1 Å². The van der Waals surface area contributed by atoms with Crippen molar-refractivity contribution in [2.45, 2.75) is 38.5 Å². The van der Waals surface area contributed by atoms with Gasteiger partial charge in [-0.1, -0.05) is 148 Å². The van der Waals surface area contributed by atoms with Gasteiger partial charge in [-0.2, -0.15) is 0 Å². The highest BCUT2D eigenvalue weighted by atomic mass is 32.2. The molecular formula is C56H40N8S2. The average Bonchev–Trinajstić information content (AvgIpc) is 4.01. The Hall–Kier alpha value is -7.53. The van der Waals surface area contributed by atoms with Crippen molar-refractivity contribution in [2.24, 2.45) is 0 Å². The second kappa shape index (κ2) is 15.0. The number of pyridine rings is 4. The summed E-state index contributed by atoms with van der Waals surface area (Å²) in [6.45, 7) is 9.12. The number of aromatic nitrogens is 6. The quantitative estimate of drug-likeness (QED) is 0.0967. The summed E-state index contributed by atoms with van der Waals surface area (Å²) >= 11 is 2.48. The number of nitrogens with zero attached hydrogens (tertiary/aromatic N) is 6. The summed E-state index contributed by atoms with van der Waals surface area (Å²) in [7, 11) is 0. The van der Waals surface area contributed by atoms with Crippen LogP contribution in [0.15, 0.2) is 158 Å². The van der Waals surface area contributed by atoms with Crippen LogP contribution in [-0.4, -0.2) is 40.2 Å². The molecule has 0 bridgehead atoms. The molecule has 0 unspecified atom stereocenters. The number of thioether (sulfide) groups is 1. The van der Waals surface area contributed by atoms with Crippen LogP contribution < -0.4 is 0 Å². The molecule has 0 aliphatic heterocycles. The third-order valence-electron chi connectivity index (χ3n) is 13.3. The normalized spacial score (nSPS) is 13.9. The van der Waals surface area contributed by atoms with E-state index in [1.54, 1.807) is 0 Å². The van der Waals surface area contributed by atoms with Crippen LogP contribution in [0.5, 0.6) is 0 Å². The first-order valence-corrected chi connectivity index (χ1v) is 23.5. The maximum atomic E-state index is 9.10. The van der Waals surface area contributed by atoms with Gasteiger partial charge in [0.1, 0.15) is 21.5 Å². The molecule has 0 saturated heterocycles. The predicted molar refractivity (Wildman–Crippen MR) is 271 cm³/mol. The van der Waals surface area contributed by atoms with E-state index in [9.17, 15) is 0 Å². The Bertz CT molecular complexity index is 3700. The lowest BCUT2D eigenvalue weighted by atomic mass is 9.82. The molecule has 10 heteroatoms. The monoisotopic (exact) mass is 888 g/mol. The number of nitrogens with one attached hydrogen (secondary N) is 2. The van der Waals surface area contributed by atoms with E-state index in [-0.39, 0.29) is 20.9 Å². The number of rotatable bonds is 6. The highest BCUT2D eigenvalue weighted by Gasteiger charge is 2.36. The molecular weight excluding hydrogens is 849 g/mol. The first-order chi connectivity index (χ1) is 32.0. The minimum atomic E-state index is -0.129. The molecule has 0 amide bonds. The number of benzene rings is 5. The Kier molecular flexibility index (Phi) is 9.10. The first kappa shape index (κ1) is 40.0. The summed E-state index contributed by atoms with van der Waals surface area (Å²) in [6, 6.07) is 54.1. The smallest absolute Gasteiger partial charge is 0.166 e. The van der Waals surface area contributed by atoms with Gasteiger partial charge in [0, 0.05) is 32.7 Å². The molecule has 10 aromatic rings. The molecule has 12 rings (SSSR count). The van der Waals surface area contributed by atoms with Crippen LogP contribution in [0.3, 0.4) is 0 Å². The third-order valence-corrected chi connectivity index (χ3v) is 15.1. The lowest BCUT2D eigenvalue weighted by Gasteiger charge is -2.21. The van der Waals surface area contributed by atoms with Gasteiger partial charge in [0.2, 0.25) is 0 Å². The molecule has 66 heavy (non-hydrogen) atoms. The van der Waals surface area contributed by atoms with Crippen molar-refractivity contribution < 1.29 is 0 Å². The fourth-order valence-corrected chi connectivity index (χ4v) is 11.2. The van der Waals surface area contributed by atoms with E-state index < -0.39 is 0 Å². The molecule has 5 aromatic heterocycles. The van der Waals surface area contributed by atoms with Crippen molar-refractivity contribution in [3.05, 3.63) is 191 Å². The van der Waals surface area contributed by atoms with Crippen LogP contribution >= 0.6 is 23.1 Å².